The van der Waals surface area contributed by atoms with Crippen molar-refractivity contribution >= 4 is 15.9 Å². The number of hydrogen-bond acceptors (Lipinski definition) is 6. The molecule has 2 aromatic carbocycles. The fraction of sp³-hybridized carbons (Fsp3) is 0.458. The molecular weight excluding hydrogens is 444 g/mol. The zero-order chi connectivity index (χ0) is 24.0. The van der Waals surface area contributed by atoms with Gasteiger partial charge in [-0.25, -0.2) is 8.42 Å². The molecule has 1 saturated heterocycles. The molecule has 8 nitrogen and oxygen atoms in total. The van der Waals surface area contributed by atoms with Crippen molar-refractivity contribution in [1.29, 1.82) is 0 Å². The largest absolute Gasteiger partial charge is 0.494 e. The van der Waals surface area contributed by atoms with Gasteiger partial charge in [0.2, 0.25) is 15.9 Å². The number of hydrogen-bond donors (Lipinski definition) is 1. The average Bonchev–Trinajstić information content (AvgIpc) is 2.83. The van der Waals surface area contributed by atoms with Crippen LogP contribution in [0.4, 0.5) is 0 Å². The minimum absolute atomic E-state index is 0.0706. The van der Waals surface area contributed by atoms with E-state index in [1.165, 1.54) is 4.31 Å². The van der Waals surface area contributed by atoms with Crippen molar-refractivity contribution in [3.63, 3.8) is 0 Å². The standard InChI is InChI=1S/C24H32N2O6S/c1-5-32-21-9-7-20(14-17(21)2)33(28,29)26-12-10-19(11-13-26)24(27)25-16-18-6-8-22(30-3)23(15-18)31-4/h6-9,14-15,19H,5,10-13,16H2,1-4H3,(H,25,27). The molecule has 9 heteroatoms. The Morgan fingerprint density at radius 1 is 1.03 bits per heavy atom. The summed E-state index contributed by atoms with van der Waals surface area (Å²) in [5.41, 5.74) is 1.68. The minimum atomic E-state index is -3.61. The lowest BCUT2D eigenvalue weighted by Gasteiger charge is -2.30. The third-order valence-electron chi connectivity index (χ3n) is 5.82. The molecular formula is C24H32N2O6S. The van der Waals surface area contributed by atoms with Gasteiger partial charge in [-0.15, -0.1) is 0 Å². The quantitative estimate of drug-likeness (QED) is 0.598. The van der Waals surface area contributed by atoms with Crippen LogP contribution in [0.15, 0.2) is 41.3 Å². The van der Waals surface area contributed by atoms with Crippen molar-refractivity contribution in [2.45, 2.75) is 38.1 Å². The maximum Gasteiger partial charge on any atom is 0.243 e. The number of nitrogens with one attached hydrogen (secondary N) is 1. The van der Waals surface area contributed by atoms with E-state index in [-0.39, 0.29) is 16.7 Å². The molecule has 2 aromatic rings. The number of amides is 1. The fourth-order valence-electron chi connectivity index (χ4n) is 3.93. The molecule has 1 aliphatic heterocycles. The number of sulfonamides is 1. The number of benzene rings is 2. The van der Waals surface area contributed by atoms with Crippen molar-refractivity contribution in [2.75, 3.05) is 33.9 Å². The number of carbonyl (C=O) groups is 1. The maximum absolute atomic E-state index is 13.1. The van der Waals surface area contributed by atoms with Crippen LogP contribution in [0.3, 0.4) is 0 Å². The Labute approximate surface area is 195 Å². The minimum Gasteiger partial charge on any atom is -0.494 e. The van der Waals surface area contributed by atoms with Crippen molar-refractivity contribution in [2.24, 2.45) is 5.92 Å². The van der Waals surface area contributed by atoms with Crippen molar-refractivity contribution < 1.29 is 27.4 Å². The first kappa shape index (κ1) is 24.9. The molecule has 1 N–H and O–H groups in total. The lowest BCUT2D eigenvalue weighted by Crippen LogP contribution is -2.42. The normalized spacial score (nSPS) is 15.2. The maximum atomic E-state index is 13.1. The number of carbonyl (C=O) groups excluding carboxylic acids is 1. The van der Waals surface area contributed by atoms with Crippen LogP contribution in [-0.2, 0) is 21.4 Å². The summed E-state index contributed by atoms with van der Waals surface area (Å²) in [4.78, 5) is 12.9. The van der Waals surface area contributed by atoms with Crippen LogP contribution in [-0.4, -0.2) is 52.5 Å². The molecule has 1 aliphatic rings. The summed E-state index contributed by atoms with van der Waals surface area (Å²) < 4.78 is 43.6. The SMILES string of the molecule is CCOc1ccc(S(=O)(=O)N2CCC(C(=O)NCc3ccc(OC)c(OC)c3)CC2)cc1C. The van der Waals surface area contributed by atoms with Gasteiger partial charge in [-0.1, -0.05) is 6.07 Å². The molecule has 0 aliphatic carbocycles. The predicted octanol–water partition coefficient (Wildman–Crippen LogP) is 3.13. The van der Waals surface area contributed by atoms with E-state index in [9.17, 15) is 13.2 Å². The highest BCUT2D eigenvalue weighted by Gasteiger charge is 2.32. The van der Waals surface area contributed by atoms with E-state index in [0.29, 0.717) is 56.3 Å². The zero-order valence-corrected chi connectivity index (χ0v) is 20.4. The van der Waals surface area contributed by atoms with Gasteiger partial charge in [-0.3, -0.25) is 4.79 Å². The molecule has 180 valence electrons. The van der Waals surface area contributed by atoms with Gasteiger partial charge >= 0.3 is 0 Å². The molecule has 1 amide bonds. The van der Waals surface area contributed by atoms with Crippen molar-refractivity contribution in [1.82, 2.24) is 9.62 Å². The highest BCUT2D eigenvalue weighted by molar-refractivity contribution is 7.89. The molecule has 3 rings (SSSR count). The lowest BCUT2D eigenvalue weighted by atomic mass is 9.97. The summed E-state index contributed by atoms with van der Waals surface area (Å²) in [7, 11) is -0.476. The second-order valence-electron chi connectivity index (χ2n) is 7.95. The van der Waals surface area contributed by atoms with Crippen molar-refractivity contribution in [3.05, 3.63) is 47.5 Å². The number of nitrogens with zero attached hydrogens (tertiary/aromatic N) is 1. The Kier molecular flexibility index (Phi) is 8.20. The van der Waals surface area contributed by atoms with Gasteiger partial charge in [0.15, 0.2) is 11.5 Å². The second kappa shape index (κ2) is 10.9. The number of rotatable bonds is 9. The average molecular weight is 477 g/mol. The van der Waals surface area contributed by atoms with Gasteiger partial charge in [0.1, 0.15) is 5.75 Å². The highest BCUT2D eigenvalue weighted by atomic mass is 32.2. The first-order valence-corrected chi connectivity index (χ1v) is 12.5. The summed E-state index contributed by atoms with van der Waals surface area (Å²) in [6.07, 6.45) is 0.958. The van der Waals surface area contributed by atoms with Crippen LogP contribution in [0.1, 0.15) is 30.9 Å². The van der Waals surface area contributed by atoms with Crippen LogP contribution in [0.25, 0.3) is 0 Å². The zero-order valence-electron chi connectivity index (χ0n) is 19.6. The molecule has 0 saturated carbocycles. The lowest BCUT2D eigenvalue weighted by molar-refractivity contribution is -0.126. The molecule has 33 heavy (non-hydrogen) atoms. The van der Waals surface area contributed by atoms with E-state index < -0.39 is 10.0 Å². The smallest absolute Gasteiger partial charge is 0.243 e. The van der Waals surface area contributed by atoms with Crippen LogP contribution >= 0.6 is 0 Å². The molecule has 0 spiro atoms. The molecule has 0 unspecified atom stereocenters. The Bertz CT molecular complexity index is 1080. The summed E-state index contributed by atoms with van der Waals surface area (Å²) in [5.74, 6) is 1.62. The van der Waals surface area contributed by atoms with E-state index in [4.69, 9.17) is 14.2 Å². The molecule has 1 fully saturated rings. The van der Waals surface area contributed by atoms with E-state index in [1.807, 2.05) is 26.0 Å². The second-order valence-corrected chi connectivity index (χ2v) is 9.88. The van der Waals surface area contributed by atoms with E-state index in [1.54, 1.807) is 38.5 Å². The van der Waals surface area contributed by atoms with E-state index >= 15 is 0 Å². The van der Waals surface area contributed by atoms with Crippen LogP contribution in [0.5, 0.6) is 17.2 Å². The van der Waals surface area contributed by atoms with E-state index in [2.05, 4.69) is 5.32 Å². The molecule has 0 bridgehead atoms. The highest BCUT2D eigenvalue weighted by Crippen LogP contribution is 2.29. The third kappa shape index (κ3) is 5.78. The number of piperidine rings is 1. The van der Waals surface area contributed by atoms with Gasteiger partial charge in [0.05, 0.1) is 25.7 Å². The summed E-state index contributed by atoms with van der Waals surface area (Å²) in [6, 6.07) is 10.4. The van der Waals surface area contributed by atoms with Gasteiger partial charge in [0.25, 0.3) is 0 Å². The summed E-state index contributed by atoms with van der Waals surface area (Å²) >= 11 is 0. The predicted molar refractivity (Wildman–Crippen MR) is 125 cm³/mol. The number of aryl methyl sites for hydroxylation is 1. The third-order valence-corrected chi connectivity index (χ3v) is 7.72. The van der Waals surface area contributed by atoms with Gasteiger partial charge in [0, 0.05) is 25.6 Å². The van der Waals surface area contributed by atoms with Gasteiger partial charge in [-0.05, 0) is 68.1 Å². The van der Waals surface area contributed by atoms with Gasteiger partial charge in [-0.2, -0.15) is 4.31 Å². The molecule has 0 atom stereocenters. The van der Waals surface area contributed by atoms with Crippen LogP contribution in [0, 0.1) is 12.8 Å². The first-order chi connectivity index (χ1) is 15.8. The fourth-order valence-corrected chi connectivity index (χ4v) is 5.49. The monoisotopic (exact) mass is 476 g/mol. The summed E-state index contributed by atoms with van der Waals surface area (Å²) in [6.45, 7) is 5.22. The van der Waals surface area contributed by atoms with E-state index in [0.717, 1.165) is 11.1 Å². The summed E-state index contributed by atoms with van der Waals surface area (Å²) in [5, 5.41) is 2.95. The van der Waals surface area contributed by atoms with Crippen LogP contribution in [0.2, 0.25) is 0 Å². The number of ether oxygens (including phenoxy) is 3. The first-order valence-electron chi connectivity index (χ1n) is 11.0. The molecule has 0 radical (unpaired) electrons. The topological polar surface area (TPSA) is 94.2 Å². The van der Waals surface area contributed by atoms with Gasteiger partial charge < -0.3 is 19.5 Å². The Hall–Kier alpha value is -2.78. The Morgan fingerprint density at radius 3 is 2.30 bits per heavy atom. The Balaban J connectivity index is 1.56. The Morgan fingerprint density at radius 2 is 1.70 bits per heavy atom. The van der Waals surface area contributed by atoms with Crippen molar-refractivity contribution in [3.8, 4) is 17.2 Å². The molecule has 0 aromatic heterocycles. The van der Waals surface area contributed by atoms with Crippen LogP contribution < -0.4 is 19.5 Å². The number of methoxy groups -OCH3 is 2. The molecule has 1 heterocycles.